The summed E-state index contributed by atoms with van der Waals surface area (Å²) in [5.41, 5.74) is 4.65. The first-order chi connectivity index (χ1) is 3.66. The van der Waals surface area contributed by atoms with Crippen LogP contribution in [0.15, 0.2) is 0 Å². The van der Waals surface area contributed by atoms with Crippen molar-refractivity contribution in [1.82, 2.24) is 5.32 Å². The van der Waals surface area contributed by atoms with E-state index in [1.807, 2.05) is 5.32 Å². The summed E-state index contributed by atoms with van der Waals surface area (Å²) in [6, 6.07) is -0.711. The van der Waals surface area contributed by atoms with E-state index in [-0.39, 0.29) is 5.17 Å². The number of ether oxygens (including phenoxy) is 1. The largest absolute Gasteiger partial charge is 0.474 e. The Morgan fingerprint density at radius 2 is 2.38 bits per heavy atom. The molecule has 0 radical (unpaired) electrons. The Bertz CT molecular complexity index is 114. The lowest BCUT2D eigenvalue weighted by Crippen LogP contribution is -2.34. The average Bonchev–Trinajstić information content (AvgIpc) is 1.65. The number of hydrogen-bond donors (Lipinski definition) is 2. The summed E-state index contributed by atoms with van der Waals surface area (Å²) < 4.78 is 4.38. The number of amides is 2. The van der Waals surface area contributed by atoms with Gasteiger partial charge < -0.3 is 10.5 Å². The minimum absolute atomic E-state index is 0.0162. The van der Waals surface area contributed by atoms with Crippen LogP contribution in [0.2, 0.25) is 0 Å². The van der Waals surface area contributed by atoms with Gasteiger partial charge in [-0.1, -0.05) is 0 Å². The van der Waals surface area contributed by atoms with Crippen molar-refractivity contribution in [3.63, 3.8) is 0 Å². The van der Waals surface area contributed by atoms with Gasteiger partial charge in [-0.3, -0.25) is 5.32 Å². The summed E-state index contributed by atoms with van der Waals surface area (Å²) in [6.45, 7) is 0. The summed E-state index contributed by atoms with van der Waals surface area (Å²) in [4.78, 5) is 9.91. The first-order valence-corrected chi connectivity index (χ1v) is 2.22. The molecule has 5 heteroatoms. The van der Waals surface area contributed by atoms with Crippen LogP contribution in [-0.2, 0) is 4.74 Å². The second-order valence-corrected chi connectivity index (χ2v) is 1.35. The molecular formula is C3H6N2O2S. The Balaban J connectivity index is 3.40. The number of thiocarbonyl (C=S) groups is 1. The molecule has 0 aliphatic heterocycles. The van der Waals surface area contributed by atoms with Crippen LogP contribution in [0, 0.1) is 0 Å². The van der Waals surface area contributed by atoms with E-state index < -0.39 is 6.03 Å². The normalized spacial score (nSPS) is 7.62. The van der Waals surface area contributed by atoms with Crippen molar-refractivity contribution in [3.8, 4) is 0 Å². The summed E-state index contributed by atoms with van der Waals surface area (Å²) in [5.74, 6) is 0. The van der Waals surface area contributed by atoms with Crippen LogP contribution in [0.4, 0.5) is 4.79 Å². The Hall–Kier alpha value is -0.840. The van der Waals surface area contributed by atoms with Crippen LogP contribution in [0.25, 0.3) is 0 Å². The highest BCUT2D eigenvalue weighted by molar-refractivity contribution is 7.80. The third-order valence-electron chi connectivity index (χ3n) is 0.411. The first-order valence-electron chi connectivity index (χ1n) is 1.81. The monoisotopic (exact) mass is 134 g/mol. The van der Waals surface area contributed by atoms with E-state index in [2.05, 4.69) is 22.7 Å². The maximum Gasteiger partial charge on any atom is 0.319 e. The first kappa shape index (κ1) is 7.16. The highest BCUT2D eigenvalue weighted by Crippen LogP contribution is 1.68. The number of carbonyl (C=O) groups is 1. The fourth-order valence-electron chi connectivity index (χ4n) is 0.152. The zero-order valence-electron chi connectivity index (χ0n) is 4.30. The van der Waals surface area contributed by atoms with E-state index in [0.29, 0.717) is 0 Å². The molecule has 0 saturated carbocycles. The van der Waals surface area contributed by atoms with E-state index in [0.717, 1.165) is 0 Å². The molecule has 0 heterocycles. The number of carbonyl (C=O) groups excluding carboxylic acids is 1. The van der Waals surface area contributed by atoms with E-state index in [1.54, 1.807) is 0 Å². The molecule has 46 valence electrons. The lowest BCUT2D eigenvalue weighted by molar-refractivity contribution is 0.250. The standard InChI is InChI=1S/C3H6N2O2S/c1-7-3(8)5-2(4)6/h1H3,(H3,4,5,6,8). The van der Waals surface area contributed by atoms with Gasteiger partial charge in [0.25, 0.3) is 5.17 Å². The molecule has 0 fully saturated rings. The molecule has 0 unspecified atom stereocenters. The molecule has 0 rings (SSSR count). The maximum atomic E-state index is 9.91. The third-order valence-corrected chi connectivity index (χ3v) is 0.679. The fraction of sp³-hybridized carbons (Fsp3) is 0.333. The number of methoxy groups -OCH3 is 1. The van der Waals surface area contributed by atoms with Crippen LogP contribution >= 0.6 is 12.2 Å². The predicted molar refractivity (Wildman–Crippen MR) is 32.3 cm³/mol. The van der Waals surface area contributed by atoms with Crippen LogP contribution in [0.3, 0.4) is 0 Å². The minimum atomic E-state index is -0.711. The van der Waals surface area contributed by atoms with E-state index in [9.17, 15) is 4.79 Å². The zero-order valence-corrected chi connectivity index (χ0v) is 5.12. The quantitative estimate of drug-likeness (QED) is 0.442. The van der Waals surface area contributed by atoms with Crippen molar-refractivity contribution >= 4 is 23.4 Å². The second kappa shape index (κ2) is 3.20. The lowest BCUT2D eigenvalue weighted by atomic mass is 11.0. The lowest BCUT2D eigenvalue weighted by Gasteiger charge is -1.98. The van der Waals surface area contributed by atoms with Crippen LogP contribution in [-0.4, -0.2) is 18.3 Å². The Morgan fingerprint density at radius 3 is 2.50 bits per heavy atom. The number of urea groups is 1. The number of primary amides is 1. The smallest absolute Gasteiger partial charge is 0.319 e. The second-order valence-electron chi connectivity index (χ2n) is 0.981. The molecule has 0 aromatic carbocycles. The van der Waals surface area contributed by atoms with Gasteiger partial charge >= 0.3 is 6.03 Å². The fourth-order valence-corrected chi connectivity index (χ4v) is 0.252. The van der Waals surface area contributed by atoms with Gasteiger partial charge in [-0.25, -0.2) is 4.79 Å². The molecule has 0 aliphatic carbocycles. The van der Waals surface area contributed by atoms with Crippen molar-refractivity contribution in [2.75, 3.05) is 7.11 Å². The van der Waals surface area contributed by atoms with E-state index >= 15 is 0 Å². The van der Waals surface area contributed by atoms with Crippen LogP contribution in [0.1, 0.15) is 0 Å². The molecule has 2 amide bonds. The van der Waals surface area contributed by atoms with Gasteiger partial charge in [-0.05, 0) is 12.2 Å². The molecule has 0 aromatic heterocycles. The van der Waals surface area contributed by atoms with Gasteiger partial charge in [-0.15, -0.1) is 0 Å². The highest BCUT2D eigenvalue weighted by atomic mass is 32.1. The van der Waals surface area contributed by atoms with Crippen molar-refractivity contribution in [1.29, 1.82) is 0 Å². The predicted octanol–water partition coefficient (Wildman–Crippen LogP) is -0.414. The zero-order chi connectivity index (χ0) is 6.57. The molecule has 0 saturated heterocycles. The van der Waals surface area contributed by atoms with Gasteiger partial charge in [0.2, 0.25) is 0 Å². The average molecular weight is 134 g/mol. The van der Waals surface area contributed by atoms with Gasteiger partial charge in [-0.2, -0.15) is 0 Å². The van der Waals surface area contributed by atoms with Crippen LogP contribution in [0.5, 0.6) is 0 Å². The topological polar surface area (TPSA) is 64.3 Å². The number of hydrogen-bond acceptors (Lipinski definition) is 3. The third kappa shape index (κ3) is 3.35. The van der Waals surface area contributed by atoms with Gasteiger partial charge in [0.1, 0.15) is 0 Å². The van der Waals surface area contributed by atoms with Crippen LogP contribution < -0.4 is 11.1 Å². The SMILES string of the molecule is COC(=S)NC(N)=O. The van der Waals surface area contributed by atoms with Gasteiger partial charge in [0.15, 0.2) is 0 Å². The van der Waals surface area contributed by atoms with Gasteiger partial charge in [0.05, 0.1) is 7.11 Å². The maximum absolute atomic E-state index is 9.91. The molecule has 8 heavy (non-hydrogen) atoms. The van der Waals surface area contributed by atoms with E-state index in [4.69, 9.17) is 0 Å². The Morgan fingerprint density at radius 1 is 1.88 bits per heavy atom. The summed E-state index contributed by atoms with van der Waals surface area (Å²) in [7, 11) is 1.35. The number of nitrogens with one attached hydrogen (secondary N) is 1. The summed E-state index contributed by atoms with van der Waals surface area (Å²) >= 11 is 4.40. The van der Waals surface area contributed by atoms with Crippen molar-refractivity contribution in [3.05, 3.63) is 0 Å². The molecule has 0 aliphatic rings. The number of nitrogens with two attached hydrogens (primary N) is 1. The van der Waals surface area contributed by atoms with E-state index in [1.165, 1.54) is 7.11 Å². The van der Waals surface area contributed by atoms with Gasteiger partial charge in [0, 0.05) is 0 Å². The highest BCUT2D eigenvalue weighted by Gasteiger charge is 1.94. The van der Waals surface area contributed by atoms with Crippen molar-refractivity contribution in [2.24, 2.45) is 5.73 Å². The minimum Gasteiger partial charge on any atom is -0.474 e. The molecule has 0 atom stereocenters. The Kier molecular flexibility index (Phi) is 2.86. The molecule has 0 aromatic rings. The molecular weight excluding hydrogens is 128 g/mol. The molecule has 0 bridgehead atoms. The molecule has 4 nitrogen and oxygen atoms in total. The molecule has 0 spiro atoms. The summed E-state index contributed by atoms with van der Waals surface area (Å²) in [6.07, 6.45) is 0. The molecule has 3 N–H and O–H groups in total. The summed E-state index contributed by atoms with van der Waals surface area (Å²) in [5, 5.41) is 2.02. The number of rotatable bonds is 0. The van der Waals surface area contributed by atoms with Crippen molar-refractivity contribution in [2.45, 2.75) is 0 Å². The Labute approximate surface area is 52.0 Å². The van der Waals surface area contributed by atoms with Crippen molar-refractivity contribution < 1.29 is 9.53 Å².